The number of likely N-dealkylation sites (N-methyl/N-ethyl adjacent to an activating group) is 1. The van der Waals surface area contributed by atoms with E-state index in [1.165, 1.54) is 18.4 Å². The summed E-state index contributed by atoms with van der Waals surface area (Å²) in [6.07, 6.45) is 4.00. The van der Waals surface area contributed by atoms with Gasteiger partial charge < -0.3 is 10.1 Å². The lowest BCUT2D eigenvalue weighted by atomic mass is 9.78. The van der Waals surface area contributed by atoms with E-state index in [4.69, 9.17) is 4.74 Å². The predicted octanol–water partition coefficient (Wildman–Crippen LogP) is 3.79. The Hall–Kier alpha value is -1.02. The van der Waals surface area contributed by atoms with Crippen LogP contribution in [0.2, 0.25) is 0 Å². The molecule has 2 heteroatoms. The Balaban J connectivity index is 2.08. The predicted molar refractivity (Wildman–Crippen MR) is 80.6 cm³/mol. The van der Waals surface area contributed by atoms with E-state index in [0.717, 1.165) is 24.0 Å². The molecule has 1 aromatic carbocycles. The van der Waals surface area contributed by atoms with Gasteiger partial charge in [-0.05, 0) is 56.7 Å². The van der Waals surface area contributed by atoms with Crippen molar-refractivity contribution >= 4 is 0 Å². The monoisotopic (exact) mass is 261 g/mol. The number of para-hydroxylation sites is 1. The maximum atomic E-state index is 6.31. The summed E-state index contributed by atoms with van der Waals surface area (Å²) in [5.74, 6) is 2.58. The molecule has 3 atom stereocenters. The number of ether oxygens (including phenoxy) is 1. The summed E-state index contributed by atoms with van der Waals surface area (Å²) in [6.45, 7) is 6.77. The van der Waals surface area contributed by atoms with E-state index in [1.807, 2.05) is 0 Å². The molecule has 3 unspecified atom stereocenters. The Morgan fingerprint density at radius 2 is 1.95 bits per heavy atom. The van der Waals surface area contributed by atoms with Crippen LogP contribution in [0.3, 0.4) is 0 Å². The minimum atomic E-state index is 0.298. The fourth-order valence-corrected chi connectivity index (χ4v) is 3.08. The largest absolute Gasteiger partial charge is 0.489 e. The molecular weight excluding hydrogens is 234 g/mol. The van der Waals surface area contributed by atoms with E-state index in [2.05, 4.69) is 57.4 Å². The highest BCUT2D eigenvalue weighted by molar-refractivity contribution is 5.32. The Bertz CT molecular complexity index is 402. The van der Waals surface area contributed by atoms with Gasteiger partial charge in [-0.25, -0.2) is 0 Å². The molecule has 1 aliphatic rings. The van der Waals surface area contributed by atoms with Crippen molar-refractivity contribution in [3.05, 3.63) is 29.8 Å². The quantitative estimate of drug-likeness (QED) is 0.890. The molecule has 0 amide bonds. The summed E-state index contributed by atoms with van der Waals surface area (Å²) in [5.41, 5.74) is 1.23. The molecule has 0 bridgehead atoms. The highest BCUT2D eigenvalue weighted by Gasteiger charge is 2.32. The molecule has 19 heavy (non-hydrogen) atoms. The highest BCUT2D eigenvalue weighted by atomic mass is 16.5. The fourth-order valence-electron chi connectivity index (χ4n) is 3.08. The Morgan fingerprint density at radius 3 is 2.58 bits per heavy atom. The summed E-state index contributed by atoms with van der Waals surface area (Å²) < 4.78 is 6.31. The number of aryl methyl sites for hydroxylation is 1. The molecule has 0 spiro atoms. The average molecular weight is 261 g/mol. The van der Waals surface area contributed by atoms with Crippen LogP contribution in [0.5, 0.6) is 5.75 Å². The molecule has 0 aromatic heterocycles. The minimum absolute atomic E-state index is 0.298. The smallest absolute Gasteiger partial charge is 0.122 e. The van der Waals surface area contributed by atoms with Crippen LogP contribution in [0.15, 0.2) is 24.3 Å². The molecule has 2 rings (SSSR count). The second-order valence-corrected chi connectivity index (χ2v) is 6.13. The van der Waals surface area contributed by atoms with Gasteiger partial charge in [0.25, 0.3) is 0 Å². The second-order valence-electron chi connectivity index (χ2n) is 6.13. The average Bonchev–Trinajstić information content (AvgIpc) is 2.41. The van der Waals surface area contributed by atoms with E-state index in [9.17, 15) is 0 Å². The van der Waals surface area contributed by atoms with Crippen molar-refractivity contribution in [3.8, 4) is 5.75 Å². The number of rotatable bonds is 4. The van der Waals surface area contributed by atoms with Crippen molar-refractivity contribution in [2.75, 3.05) is 7.05 Å². The molecule has 0 saturated heterocycles. The third-order valence-corrected chi connectivity index (χ3v) is 4.52. The van der Waals surface area contributed by atoms with Crippen LogP contribution >= 0.6 is 0 Å². The zero-order valence-corrected chi connectivity index (χ0v) is 12.6. The minimum Gasteiger partial charge on any atom is -0.489 e. The first-order valence-corrected chi connectivity index (χ1v) is 7.51. The lowest BCUT2D eigenvalue weighted by Crippen LogP contribution is -2.46. The SMILES string of the molecule is CNC1CCC(C(C)C)CC1Oc1ccccc1C. The van der Waals surface area contributed by atoms with Gasteiger partial charge in [0.15, 0.2) is 0 Å². The van der Waals surface area contributed by atoms with Crippen LogP contribution < -0.4 is 10.1 Å². The van der Waals surface area contributed by atoms with Gasteiger partial charge in [0.05, 0.1) is 0 Å². The number of hydrogen-bond donors (Lipinski definition) is 1. The fraction of sp³-hybridized carbons (Fsp3) is 0.647. The van der Waals surface area contributed by atoms with Gasteiger partial charge in [-0.1, -0.05) is 32.0 Å². The van der Waals surface area contributed by atoms with Gasteiger partial charge in [-0.3, -0.25) is 0 Å². The van der Waals surface area contributed by atoms with Crippen LogP contribution in [0.25, 0.3) is 0 Å². The van der Waals surface area contributed by atoms with Gasteiger partial charge in [0.1, 0.15) is 11.9 Å². The maximum Gasteiger partial charge on any atom is 0.122 e. The van der Waals surface area contributed by atoms with Gasteiger partial charge >= 0.3 is 0 Å². The maximum absolute atomic E-state index is 6.31. The molecule has 1 saturated carbocycles. The first kappa shape index (κ1) is 14.4. The van der Waals surface area contributed by atoms with E-state index < -0.39 is 0 Å². The Labute approximate surface area is 117 Å². The Morgan fingerprint density at radius 1 is 1.21 bits per heavy atom. The first-order chi connectivity index (χ1) is 9.11. The topological polar surface area (TPSA) is 21.3 Å². The number of nitrogens with one attached hydrogen (secondary N) is 1. The van der Waals surface area contributed by atoms with Crippen molar-refractivity contribution < 1.29 is 4.74 Å². The molecule has 1 aromatic rings. The normalized spacial score (nSPS) is 27.5. The summed E-state index contributed by atoms with van der Waals surface area (Å²) >= 11 is 0. The third-order valence-electron chi connectivity index (χ3n) is 4.52. The van der Waals surface area contributed by atoms with Gasteiger partial charge in [0, 0.05) is 6.04 Å². The summed E-state index contributed by atoms with van der Waals surface area (Å²) in [6, 6.07) is 8.80. The molecule has 2 nitrogen and oxygen atoms in total. The van der Waals surface area contributed by atoms with Crippen molar-refractivity contribution in [1.29, 1.82) is 0 Å². The number of hydrogen-bond acceptors (Lipinski definition) is 2. The first-order valence-electron chi connectivity index (χ1n) is 7.51. The standard InChI is InChI=1S/C17H27NO/c1-12(2)14-9-10-15(18-4)17(11-14)19-16-8-6-5-7-13(16)3/h5-8,12,14-15,17-18H,9-11H2,1-4H3. The highest BCUT2D eigenvalue weighted by Crippen LogP contribution is 2.33. The van der Waals surface area contributed by atoms with E-state index in [0.29, 0.717) is 12.1 Å². The van der Waals surface area contributed by atoms with Gasteiger partial charge in [0.2, 0.25) is 0 Å². The summed E-state index contributed by atoms with van der Waals surface area (Å²) in [7, 11) is 2.05. The van der Waals surface area contributed by atoms with E-state index in [-0.39, 0.29) is 0 Å². The molecule has 1 aliphatic carbocycles. The van der Waals surface area contributed by atoms with Crippen LogP contribution in [-0.2, 0) is 0 Å². The second kappa shape index (κ2) is 6.42. The van der Waals surface area contributed by atoms with Crippen LogP contribution in [-0.4, -0.2) is 19.2 Å². The third kappa shape index (κ3) is 3.50. The van der Waals surface area contributed by atoms with Gasteiger partial charge in [-0.15, -0.1) is 0 Å². The number of benzene rings is 1. The van der Waals surface area contributed by atoms with Crippen LogP contribution in [0.1, 0.15) is 38.7 Å². The Kier molecular flexibility index (Phi) is 4.87. The van der Waals surface area contributed by atoms with Crippen LogP contribution in [0.4, 0.5) is 0 Å². The molecule has 0 heterocycles. The zero-order valence-electron chi connectivity index (χ0n) is 12.6. The lowest BCUT2D eigenvalue weighted by Gasteiger charge is -2.38. The van der Waals surface area contributed by atoms with Crippen molar-refractivity contribution in [1.82, 2.24) is 5.32 Å². The summed E-state index contributed by atoms with van der Waals surface area (Å²) in [5, 5.41) is 3.43. The molecule has 1 fully saturated rings. The summed E-state index contributed by atoms with van der Waals surface area (Å²) in [4.78, 5) is 0. The van der Waals surface area contributed by atoms with Crippen molar-refractivity contribution in [2.24, 2.45) is 11.8 Å². The lowest BCUT2D eigenvalue weighted by molar-refractivity contribution is 0.0744. The van der Waals surface area contributed by atoms with E-state index in [1.54, 1.807) is 0 Å². The van der Waals surface area contributed by atoms with Crippen molar-refractivity contribution in [3.63, 3.8) is 0 Å². The molecule has 106 valence electrons. The van der Waals surface area contributed by atoms with Gasteiger partial charge in [-0.2, -0.15) is 0 Å². The molecular formula is C17H27NO. The molecule has 0 radical (unpaired) electrons. The van der Waals surface area contributed by atoms with Crippen molar-refractivity contribution in [2.45, 2.75) is 52.2 Å². The van der Waals surface area contributed by atoms with E-state index >= 15 is 0 Å². The van der Waals surface area contributed by atoms with Crippen LogP contribution in [0, 0.1) is 18.8 Å². The molecule has 1 N–H and O–H groups in total. The molecule has 0 aliphatic heterocycles. The zero-order chi connectivity index (χ0) is 13.8.